The van der Waals surface area contributed by atoms with E-state index in [2.05, 4.69) is 18.4 Å². The van der Waals surface area contributed by atoms with Crippen molar-refractivity contribution in [3.8, 4) is 0 Å². The number of hydrogen-bond acceptors (Lipinski definition) is 8. The van der Waals surface area contributed by atoms with Gasteiger partial charge in [-0.2, -0.15) is 0 Å². The molecule has 4 N–H and O–H groups in total. The molecule has 0 saturated heterocycles. The summed E-state index contributed by atoms with van der Waals surface area (Å²) < 4.78 is 24.3. The fraction of sp³-hybridized carbons (Fsp3) is 0.946. The summed E-state index contributed by atoms with van der Waals surface area (Å²) in [5.41, 5.74) is 4.91. The van der Waals surface area contributed by atoms with E-state index < -0.39 is 14.4 Å². The zero-order chi connectivity index (χ0) is 35.1. The lowest BCUT2D eigenvalue weighted by Gasteiger charge is -2.15. The van der Waals surface area contributed by atoms with Crippen LogP contribution in [0.15, 0.2) is 0 Å². The Hall–Kier alpha value is -1.12. The summed E-state index contributed by atoms with van der Waals surface area (Å²) in [6.45, 7) is 4.56. The molecule has 0 aromatic rings. The number of carbonyl (C=O) groups excluding carboxylic acids is 2. The maximum atomic E-state index is 12.1. The van der Waals surface area contributed by atoms with Gasteiger partial charge in [-0.3, -0.25) is 9.59 Å². The summed E-state index contributed by atoms with van der Waals surface area (Å²) in [6.07, 6.45) is 32.9. The van der Waals surface area contributed by atoms with Crippen molar-refractivity contribution in [1.82, 2.24) is 0 Å². The molecular formula is C37H75NO8P+. The molecule has 0 fully saturated rings. The number of unbranched alkanes of at least 4 members (excludes halogenated alkanes) is 24. The molecule has 0 aromatic heterocycles. The SMILES string of the molecule is CCCCCCCCCCCCCCCC(=O)OC[C@H](CO)OC(=O)CCCCCCCCCCCCCCC.NCCO[P+](=O)O. The number of carbonyl (C=O) groups is 2. The second-order valence-corrected chi connectivity index (χ2v) is 13.6. The summed E-state index contributed by atoms with van der Waals surface area (Å²) in [5.74, 6) is -0.580. The molecule has 280 valence electrons. The van der Waals surface area contributed by atoms with Crippen molar-refractivity contribution in [3.63, 3.8) is 0 Å². The van der Waals surface area contributed by atoms with Crippen molar-refractivity contribution < 1.29 is 38.2 Å². The monoisotopic (exact) mass is 693 g/mol. The predicted octanol–water partition coefficient (Wildman–Crippen LogP) is 10.0. The third-order valence-corrected chi connectivity index (χ3v) is 8.62. The number of nitrogens with two attached hydrogens (primary N) is 1. The Morgan fingerprint density at radius 2 is 0.936 bits per heavy atom. The van der Waals surface area contributed by atoms with Gasteiger partial charge in [0.05, 0.1) is 6.61 Å². The molecule has 0 saturated carbocycles. The molecule has 2 atom stereocenters. The minimum absolute atomic E-state index is 0.0574. The lowest BCUT2D eigenvalue weighted by Crippen LogP contribution is -2.28. The van der Waals surface area contributed by atoms with Crippen molar-refractivity contribution >= 4 is 20.2 Å². The molecule has 0 rings (SSSR count). The summed E-state index contributed by atoms with van der Waals surface area (Å²) >= 11 is 0. The van der Waals surface area contributed by atoms with E-state index in [1.54, 1.807) is 0 Å². The highest BCUT2D eigenvalue weighted by Gasteiger charge is 2.16. The topological polar surface area (TPSA) is 145 Å². The first-order valence-electron chi connectivity index (χ1n) is 19.4. The molecule has 9 nitrogen and oxygen atoms in total. The van der Waals surface area contributed by atoms with E-state index in [1.165, 1.54) is 135 Å². The van der Waals surface area contributed by atoms with Gasteiger partial charge in [-0.05, 0) is 12.8 Å². The minimum Gasteiger partial charge on any atom is -0.462 e. The zero-order valence-electron chi connectivity index (χ0n) is 30.6. The first kappa shape index (κ1) is 48.0. The summed E-state index contributed by atoms with van der Waals surface area (Å²) in [7, 11) is -2.44. The normalized spacial score (nSPS) is 11.9. The fourth-order valence-corrected chi connectivity index (χ4v) is 5.59. The van der Waals surface area contributed by atoms with Gasteiger partial charge in [-0.15, -0.1) is 9.42 Å². The summed E-state index contributed by atoms with van der Waals surface area (Å²) in [6, 6.07) is 0. The maximum absolute atomic E-state index is 12.1. The Labute approximate surface area is 289 Å². The van der Waals surface area contributed by atoms with E-state index >= 15 is 0 Å². The molecule has 47 heavy (non-hydrogen) atoms. The second-order valence-electron chi connectivity index (χ2n) is 12.8. The van der Waals surface area contributed by atoms with E-state index in [4.69, 9.17) is 20.1 Å². The summed E-state index contributed by atoms with van der Waals surface area (Å²) in [4.78, 5) is 32.0. The van der Waals surface area contributed by atoms with E-state index in [0.29, 0.717) is 12.8 Å². The van der Waals surface area contributed by atoms with Crippen molar-refractivity contribution in [2.24, 2.45) is 5.73 Å². The van der Waals surface area contributed by atoms with Gasteiger partial charge < -0.3 is 20.3 Å². The van der Waals surface area contributed by atoms with Crippen LogP contribution in [0.25, 0.3) is 0 Å². The van der Waals surface area contributed by atoms with Gasteiger partial charge in [0, 0.05) is 24.0 Å². The van der Waals surface area contributed by atoms with Gasteiger partial charge >= 0.3 is 20.2 Å². The van der Waals surface area contributed by atoms with Crippen LogP contribution >= 0.6 is 8.25 Å². The van der Waals surface area contributed by atoms with E-state index in [-0.39, 0.29) is 38.3 Å². The first-order chi connectivity index (χ1) is 22.9. The van der Waals surface area contributed by atoms with Crippen LogP contribution in [0.2, 0.25) is 0 Å². The lowest BCUT2D eigenvalue weighted by molar-refractivity contribution is -0.161. The van der Waals surface area contributed by atoms with Crippen LogP contribution in [0.1, 0.15) is 194 Å². The molecule has 0 aromatic carbocycles. The highest BCUT2D eigenvalue weighted by Crippen LogP contribution is 2.15. The molecule has 0 heterocycles. The molecular weight excluding hydrogens is 617 g/mol. The van der Waals surface area contributed by atoms with E-state index in [0.717, 1.165) is 32.1 Å². The number of aliphatic hydroxyl groups excluding tert-OH is 1. The number of rotatable bonds is 35. The largest absolute Gasteiger partial charge is 0.694 e. The van der Waals surface area contributed by atoms with Crippen LogP contribution < -0.4 is 5.73 Å². The number of ether oxygens (including phenoxy) is 2. The van der Waals surface area contributed by atoms with Crippen LogP contribution in [-0.2, 0) is 28.2 Å². The smallest absolute Gasteiger partial charge is 0.462 e. The molecule has 0 aliphatic carbocycles. The van der Waals surface area contributed by atoms with Gasteiger partial charge in [-0.25, -0.2) is 0 Å². The van der Waals surface area contributed by atoms with Gasteiger partial charge in [0.1, 0.15) is 13.2 Å². The van der Waals surface area contributed by atoms with E-state index in [1.807, 2.05) is 0 Å². The zero-order valence-corrected chi connectivity index (χ0v) is 31.5. The molecule has 1 unspecified atom stereocenters. The lowest BCUT2D eigenvalue weighted by atomic mass is 10.0. The molecule has 0 bridgehead atoms. The number of aliphatic hydroxyl groups is 1. The van der Waals surface area contributed by atoms with Crippen LogP contribution in [-0.4, -0.2) is 54.4 Å². The van der Waals surface area contributed by atoms with Gasteiger partial charge in [0.25, 0.3) is 0 Å². The van der Waals surface area contributed by atoms with Crippen molar-refractivity contribution in [3.05, 3.63) is 0 Å². The van der Waals surface area contributed by atoms with Crippen LogP contribution in [0, 0.1) is 0 Å². The predicted molar refractivity (Wildman–Crippen MR) is 193 cm³/mol. The van der Waals surface area contributed by atoms with Crippen LogP contribution in [0.5, 0.6) is 0 Å². The minimum atomic E-state index is -2.44. The fourth-order valence-electron chi connectivity index (χ4n) is 5.33. The average Bonchev–Trinajstić information content (AvgIpc) is 3.06. The number of esters is 2. The molecule has 0 amide bonds. The second kappa shape index (κ2) is 41.1. The Kier molecular flexibility index (Phi) is 41.9. The van der Waals surface area contributed by atoms with Crippen molar-refractivity contribution in [2.75, 3.05) is 26.4 Å². The quantitative estimate of drug-likeness (QED) is 0.0335. The Balaban J connectivity index is 0. The summed E-state index contributed by atoms with van der Waals surface area (Å²) in [5, 5.41) is 9.50. The van der Waals surface area contributed by atoms with Crippen molar-refractivity contribution in [1.29, 1.82) is 0 Å². The Morgan fingerprint density at radius 3 is 1.23 bits per heavy atom. The Bertz CT molecular complexity index is 683. The van der Waals surface area contributed by atoms with E-state index in [9.17, 15) is 19.3 Å². The standard InChI is InChI=1S/C35H68O5.C2H6NO3P/c1-3-5-7-9-11-13-15-17-19-21-23-25-27-29-34(37)39-32-33(31-36)40-35(38)30-28-26-24-22-20-18-16-14-12-10-8-6-4-2;3-1-2-6-7(4)5/h33,36H,3-32H2,1-2H3;1-3H2/p+1/t33-;/m0./s1. The number of hydrogen-bond donors (Lipinski definition) is 3. The third-order valence-electron chi connectivity index (χ3n) is 8.22. The highest BCUT2D eigenvalue weighted by molar-refractivity contribution is 7.32. The van der Waals surface area contributed by atoms with Gasteiger partial charge in [0.2, 0.25) is 0 Å². The van der Waals surface area contributed by atoms with Gasteiger partial charge in [-0.1, -0.05) is 168 Å². The molecule has 0 radical (unpaired) electrons. The molecule has 10 heteroatoms. The van der Waals surface area contributed by atoms with Crippen LogP contribution in [0.4, 0.5) is 0 Å². The highest BCUT2D eigenvalue weighted by atomic mass is 31.1. The first-order valence-corrected chi connectivity index (χ1v) is 20.5. The molecule has 0 aliphatic heterocycles. The average molecular weight is 693 g/mol. The van der Waals surface area contributed by atoms with Crippen molar-refractivity contribution in [2.45, 2.75) is 200 Å². The Morgan fingerprint density at radius 1 is 0.596 bits per heavy atom. The molecule has 0 spiro atoms. The molecule has 0 aliphatic rings. The third kappa shape index (κ3) is 42.9. The maximum Gasteiger partial charge on any atom is 0.694 e. The van der Waals surface area contributed by atoms with Crippen LogP contribution in [0.3, 0.4) is 0 Å². The van der Waals surface area contributed by atoms with Gasteiger partial charge in [0.15, 0.2) is 6.10 Å².